The monoisotopic (exact) mass is 209 g/mol. The minimum atomic E-state index is -0.657. The fourth-order valence-electron chi connectivity index (χ4n) is 2.16. The number of hydrogen-bond acceptors (Lipinski definition) is 2. The van der Waals surface area contributed by atoms with E-state index in [1.807, 2.05) is 13.8 Å². The number of rotatable bonds is 4. The van der Waals surface area contributed by atoms with Crippen LogP contribution in [0.2, 0.25) is 0 Å². The molecule has 1 heterocycles. The second kappa shape index (κ2) is 4.62. The number of allylic oxidation sites excluding steroid dienone is 1. The highest BCUT2D eigenvalue weighted by molar-refractivity contribution is 5.83. The standard InChI is InChI=1S/C12H19NO2/c1-5-7-9-11(14)10(6-2)13(8(3)4)12(9)15/h5-6,8-11,14H,1-2,7H2,3-4H3/t9-,10+,11-/m0/s1. The van der Waals surface area contributed by atoms with Crippen LogP contribution in [0.4, 0.5) is 0 Å². The first-order valence-electron chi connectivity index (χ1n) is 5.28. The van der Waals surface area contributed by atoms with E-state index in [0.717, 1.165) is 0 Å². The van der Waals surface area contributed by atoms with Crippen molar-refractivity contribution in [2.75, 3.05) is 0 Å². The molecule has 15 heavy (non-hydrogen) atoms. The first-order chi connectivity index (χ1) is 7.04. The molecule has 84 valence electrons. The average Bonchev–Trinajstić information content (AvgIpc) is 2.41. The summed E-state index contributed by atoms with van der Waals surface area (Å²) in [7, 11) is 0. The largest absolute Gasteiger partial charge is 0.390 e. The van der Waals surface area contributed by atoms with Crippen molar-refractivity contribution >= 4 is 5.91 Å². The number of aliphatic hydroxyl groups excluding tert-OH is 1. The van der Waals surface area contributed by atoms with Crippen molar-refractivity contribution in [3.8, 4) is 0 Å². The minimum absolute atomic E-state index is 0.00213. The van der Waals surface area contributed by atoms with E-state index in [-0.39, 0.29) is 23.9 Å². The van der Waals surface area contributed by atoms with Gasteiger partial charge in [0.25, 0.3) is 0 Å². The number of likely N-dealkylation sites (tertiary alicyclic amines) is 1. The summed E-state index contributed by atoms with van der Waals surface area (Å²) >= 11 is 0. The summed E-state index contributed by atoms with van der Waals surface area (Å²) in [6.45, 7) is 11.2. The third-order valence-corrected chi connectivity index (χ3v) is 2.87. The molecule has 0 unspecified atom stereocenters. The molecule has 0 aliphatic carbocycles. The molecular formula is C12H19NO2. The topological polar surface area (TPSA) is 40.5 Å². The third kappa shape index (κ3) is 1.97. The van der Waals surface area contributed by atoms with E-state index in [1.165, 1.54) is 0 Å². The Morgan fingerprint density at radius 1 is 1.53 bits per heavy atom. The summed E-state index contributed by atoms with van der Waals surface area (Å²) in [4.78, 5) is 13.7. The molecule has 0 spiro atoms. The molecule has 0 radical (unpaired) electrons. The Morgan fingerprint density at radius 3 is 2.47 bits per heavy atom. The van der Waals surface area contributed by atoms with Gasteiger partial charge in [-0.3, -0.25) is 4.79 Å². The van der Waals surface area contributed by atoms with Crippen LogP contribution in [0.15, 0.2) is 25.3 Å². The van der Waals surface area contributed by atoms with Crippen LogP contribution >= 0.6 is 0 Å². The zero-order chi connectivity index (χ0) is 11.6. The second-order valence-corrected chi connectivity index (χ2v) is 4.19. The van der Waals surface area contributed by atoms with Gasteiger partial charge < -0.3 is 10.0 Å². The van der Waals surface area contributed by atoms with Crippen molar-refractivity contribution in [2.45, 2.75) is 38.5 Å². The van der Waals surface area contributed by atoms with Crippen molar-refractivity contribution in [1.29, 1.82) is 0 Å². The van der Waals surface area contributed by atoms with Crippen molar-refractivity contribution < 1.29 is 9.90 Å². The van der Waals surface area contributed by atoms with Gasteiger partial charge >= 0.3 is 0 Å². The number of carbonyl (C=O) groups is 1. The number of carbonyl (C=O) groups excluding carboxylic acids is 1. The van der Waals surface area contributed by atoms with Gasteiger partial charge in [0.2, 0.25) is 5.91 Å². The van der Waals surface area contributed by atoms with E-state index >= 15 is 0 Å². The maximum Gasteiger partial charge on any atom is 0.229 e. The van der Waals surface area contributed by atoms with Gasteiger partial charge in [0.15, 0.2) is 0 Å². The lowest BCUT2D eigenvalue weighted by molar-refractivity contribution is -0.133. The summed E-state index contributed by atoms with van der Waals surface area (Å²) < 4.78 is 0. The van der Waals surface area contributed by atoms with Crippen LogP contribution in [-0.4, -0.2) is 34.1 Å². The molecule has 0 aromatic rings. The highest BCUT2D eigenvalue weighted by Crippen LogP contribution is 2.30. The maximum atomic E-state index is 12.0. The molecule has 3 atom stereocenters. The quantitative estimate of drug-likeness (QED) is 0.710. The van der Waals surface area contributed by atoms with Crippen LogP contribution < -0.4 is 0 Å². The van der Waals surface area contributed by atoms with E-state index < -0.39 is 6.10 Å². The average molecular weight is 209 g/mol. The Bertz CT molecular complexity index is 273. The van der Waals surface area contributed by atoms with Crippen LogP contribution in [0.5, 0.6) is 0 Å². The van der Waals surface area contributed by atoms with E-state index in [4.69, 9.17) is 0 Å². The van der Waals surface area contributed by atoms with Crippen molar-refractivity contribution in [3.63, 3.8) is 0 Å². The summed E-state index contributed by atoms with van der Waals surface area (Å²) in [6.07, 6.45) is 3.19. The minimum Gasteiger partial charge on any atom is -0.390 e. The first kappa shape index (κ1) is 12.0. The summed E-state index contributed by atoms with van der Waals surface area (Å²) in [5.74, 6) is -0.352. The number of aliphatic hydroxyl groups is 1. The van der Waals surface area contributed by atoms with E-state index in [2.05, 4.69) is 13.2 Å². The Kier molecular flexibility index (Phi) is 3.69. The lowest BCUT2D eigenvalue weighted by Crippen LogP contribution is -2.40. The molecule has 3 nitrogen and oxygen atoms in total. The molecule has 1 aliphatic rings. The molecule has 0 aromatic carbocycles. The molecule has 0 saturated carbocycles. The highest BCUT2D eigenvalue weighted by atomic mass is 16.3. The summed E-state index contributed by atoms with van der Waals surface area (Å²) in [5, 5.41) is 9.99. The van der Waals surface area contributed by atoms with Gasteiger partial charge in [0.05, 0.1) is 18.1 Å². The number of hydrogen-bond donors (Lipinski definition) is 1. The normalized spacial score (nSPS) is 31.1. The Morgan fingerprint density at radius 2 is 2.13 bits per heavy atom. The molecule has 3 heteroatoms. The molecule has 1 N–H and O–H groups in total. The van der Waals surface area contributed by atoms with Crippen LogP contribution in [0.1, 0.15) is 20.3 Å². The van der Waals surface area contributed by atoms with Crippen molar-refractivity contribution in [1.82, 2.24) is 4.90 Å². The smallest absolute Gasteiger partial charge is 0.229 e. The zero-order valence-electron chi connectivity index (χ0n) is 9.39. The Labute approximate surface area is 91.1 Å². The summed E-state index contributed by atoms with van der Waals surface area (Å²) in [5.41, 5.74) is 0. The Hall–Kier alpha value is -1.09. The zero-order valence-corrected chi connectivity index (χ0v) is 9.39. The highest BCUT2D eigenvalue weighted by Gasteiger charge is 2.45. The van der Waals surface area contributed by atoms with Gasteiger partial charge in [0.1, 0.15) is 0 Å². The molecule has 1 fully saturated rings. The van der Waals surface area contributed by atoms with Crippen molar-refractivity contribution in [3.05, 3.63) is 25.3 Å². The fraction of sp³-hybridized carbons (Fsp3) is 0.583. The van der Waals surface area contributed by atoms with E-state index in [9.17, 15) is 9.90 Å². The van der Waals surface area contributed by atoms with Crippen LogP contribution in [-0.2, 0) is 4.79 Å². The van der Waals surface area contributed by atoms with Crippen LogP contribution in [0, 0.1) is 5.92 Å². The molecule has 1 aliphatic heterocycles. The lowest BCUT2D eigenvalue weighted by atomic mass is 9.98. The number of nitrogens with zero attached hydrogens (tertiary/aromatic N) is 1. The number of amides is 1. The SMILES string of the molecule is C=CC[C@@H]1C(=O)N(C(C)C)[C@H](C=C)[C@H]1O. The fourth-order valence-corrected chi connectivity index (χ4v) is 2.16. The maximum absolute atomic E-state index is 12.0. The van der Waals surface area contributed by atoms with Crippen LogP contribution in [0.3, 0.4) is 0 Å². The Balaban J connectivity index is 2.95. The van der Waals surface area contributed by atoms with Gasteiger partial charge in [-0.1, -0.05) is 12.2 Å². The molecule has 1 saturated heterocycles. The van der Waals surface area contributed by atoms with Gasteiger partial charge in [-0.05, 0) is 20.3 Å². The third-order valence-electron chi connectivity index (χ3n) is 2.87. The predicted molar refractivity (Wildman–Crippen MR) is 60.3 cm³/mol. The molecule has 0 aromatic heterocycles. The molecule has 0 bridgehead atoms. The van der Waals surface area contributed by atoms with Crippen LogP contribution in [0.25, 0.3) is 0 Å². The van der Waals surface area contributed by atoms with E-state index in [0.29, 0.717) is 6.42 Å². The molecule has 1 amide bonds. The first-order valence-corrected chi connectivity index (χ1v) is 5.28. The second-order valence-electron chi connectivity index (χ2n) is 4.19. The molecule has 1 rings (SSSR count). The predicted octanol–water partition coefficient (Wildman–Crippen LogP) is 1.34. The van der Waals surface area contributed by atoms with E-state index in [1.54, 1.807) is 17.1 Å². The summed E-state index contributed by atoms with van der Waals surface area (Å²) in [6, 6.07) is -0.174. The van der Waals surface area contributed by atoms with Gasteiger partial charge in [-0.25, -0.2) is 0 Å². The van der Waals surface area contributed by atoms with Crippen molar-refractivity contribution in [2.24, 2.45) is 5.92 Å². The lowest BCUT2D eigenvalue weighted by Gasteiger charge is -2.27. The van der Waals surface area contributed by atoms with Gasteiger partial charge in [-0.2, -0.15) is 0 Å². The van der Waals surface area contributed by atoms with Gasteiger partial charge in [-0.15, -0.1) is 13.2 Å². The van der Waals surface area contributed by atoms with Gasteiger partial charge in [0, 0.05) is 6.04 Å². The molecular weight excluding hydrogens is 190 g/mol.